The summed E-state index contributed by atoms with van der Waals surface area (Å²) in [5, 5.41) is 13.0. The second-order valence-corrected chi connectivity index (χ2v) is 10.2. The van der Waals surface area contributed by atoms with Crippen LogP contribution in [0, 0.1) is 20.8 Å². The summed E-state index contributed by atoms with van der Waals surface area (Å²) in [4.78, 5) is 14.4. The molecule has 0 fully saturated rings. The van der Waals surface area contributed by atoms with Crippen LogP contribution in [-0.2, 0) is 17.9 Å². The highest BCUT2D eigenvalue weighted by Crippen LogP contribution is 2.38. The highest BCUT2D eigenvalue weighted by atomic mass is 16.5. The Balaban J connectivity index is 1.71. The number of ether oxygens (including phenoxy) is 1. The molecule has 0 spiro atoms. The number of benzene rings is 3. The van der Waals surface area contributed by atoms with Crippen molar-refractivity contribution in [2.45, 2.75) is 65.6 Å². The summed E-state index contributed by atoms with van der Waals surface area (Å²) in [7, 11) is 1.86. The number of aliphatic carboxylic acids is 1. The van der Waals surface area contributed by atoms with Crippen LogP contribution in [-0.4, -0.2) is 35.7 Å². The van der Waals surface area contributed by atoms with Gasteiger partial charge in [0.25, 0.3) is 0 Å². The number of hydrogen-bond donors (Lipinski definition) is 3. The van der Waals surface area contributed by atoms with E-state index in [0.717, 1.165) is 59.7 Å². The lowest BCUT2D eigenvalue weighted by Gasteiger charge is -2.26. The maximum absolute atomic E-state index is 12.0. The van der Waals surface area contributed by atoms with Gasteiger partial charge in [0, 0.05) is 38.2 Å². The monoisotopic (exact) mass is 501 g/mol. The second-order valence-electron chi connectivity index (χ2n) is 10.2. The molecule has 0 saturated carbocycles. The van der Waals surface area contributed by atoms with E-state index in [1.807, 2.05) is 27.0 Å². The molecule has 2 unspecified atom stereocenters. The molecule has 0 bridgehead atoms. The first-order valence-corrected chi connectivity index (χ1v) is 13.1. The molecule has 1 aliphatic rings. The van der Waals surface area contributed by atoms with Crippen molar-refractivity contribution in [3.63, 3.8) is 0 Å². The van der Waals surface area contributed by atoms with E-state index in [1.54, 1.807) is 0 Å². The van der Waals surface area contributed by atoms with Gasteiger partial charge in [0.1, 0.15) is 11.9 Å². The summed E-state index contributed by atoms with van der Waals surface area (Å²) in [5.41, 5.74) is 15.5. The van der Waals surface area contributed by atoms with Crippen molar-refractivity contribution in [3.8, 4) is 5.75 Å². The third kappa shape index (κ3) is 5.75. The summed E-state index contributed by atoms with van der Waals surface area (Å²) < 4.78 is 6.30. The van der Waals surface area contributed by atoms with Gasteiger partial charge in [-0.3, -0.25) is 9.69 Å². The molecule has 3 aromatic carbocycles. The minimum Gasteiger partial charge on any atom is -0.489 e. The van der Waals surface area contributed by atoms with Gasteiger partial charge in [0.15, 0.2) is 0 Å². The average molecular weight is 502 g/mol. The predicted molar refractivity (Wildman–Crippen MR) is 150 cm³/mol. The lowest BCUT2D eigenvalue weighted by Crippen LogP contribution is -2.32. The Morgan fingerprint density at radius 1 is 1.16 bits per heavy atom. The molecule has 0 radical (unpaired) electrons. The smallest absolute Gasteiger partial charge is 0.304 e. The van der Waals surface area contributed by atoms with Crippen molar-refractivity contribution in [1.82, 2.24) is 4.90 Å². The summed E-state index contributed by atoms with van der Waals surface area (Å²) in [6.45, 7) is 10.7. The number of nitrogens with two attached hydrogens (primary N) is 1. The van der Waals surface area contributed by atoms with E-state index in [-0.39, 0.29) is 18.4 Å². The Hall–Kier alpha value is -3.51. The predicted octanol–water partition coefficient (Wildman–Crippen LogP) is 6.02. The first-order valence-electron chi connectivity index (χ1n) is 13.1. The molecule has 3 aromatic rings. The van der Waals surface area contributed by atoms with E-state index < -0.39 is 5.97 Å². The molecule has 6 nitrogen and oxygen atoms in total. The maximum atomic E-state index is 12.0. The minimum atomic E-state index is -0.826. The number of rotatable bonds is 8. The van der Waals surface area contributed by atoms with Crippen LogP contribution in [0.1, 0.15) is 64.6 Å². The van der Waals surface area contributed by atoms with E-state index >= 15 is 0 Å². The number of para-hydroxylation sites is 1. The summed E-state index contributed by atoms with van der Waals surface area (Å²) in [5.74, 6) is -0.148. The molecule has 196 valence electrons. The fourth-order valence-corrected chi connectivity index (χ4v) is 5.46. The van der Waals surface area contributed by atoms with Gasteiger partial charge in [0.2, 0.25) is 0 Å². The van der Waals surface area contributed by atoms with E-state index in [0.29, 0.717) is 5.69 Å². The van der Waals surface area contributed by atoms with Crippen molar-refractivity contribution in [1.29, 1.82) is 0 Å². The SMILES string of the molecule is CCC1CN(Cc2cc(C(CC(=O)O)c3cc(C)c(NC)c(N)c3C)ccc2C)Cc2ccccc2O1. The normalized spacial score (nSPS) is 16.4. The molecule has 1 heterocycles. The molecular formula is C31H39N3O3. The molecule has 37 heavy (non-hydrogen) atoms. The van der Waals surface area contributed by atoms with Crippen LogP contribution in [0.2, 0.25) is 0 Å². The molecule has 0 saturated heterocycles. The van der Waals surface area contributed by atoms with Gasteiger partial charge in [-0.15, -0.1) is 0 Å². The average Bonchev–Trinajstić information content (AvgIpc) is 3.05. The van der Waals surface area contributed by atoms with Gasteiger partial charge >= 0.3 is 5.97 Å². The number of nitrogens with zero attached hydrogens (tertiary/aromatic N) is 1. The third-order valence-corrected chi connectivity index (χ3v) is 7.62. The van der Waals surface area contributed by atoms with Gasteiger partial charge in [-0.2, -0.15) is 0 Å². The van der Waals surface area contributed by atoms with Gasteiger partial charge in [-0.05, 0) is 66.6 Å². The molecule has 0 aromatic heterocycles. The van der Waals surface area contributed by atoms with Crippen LogP contribution in [0.3, 0.4) is 0 Å². The van der Waals surface area contributed by atoms with E-state index in [1.165, 1.54) is 16.7 Å². The quantitative estimate of drug-likeness (QED) is 0.327. The van der Waals surface area contributed by atoms with Gasteiger partial charge < -0.3 is 20.9 Å². The number of nitrogens with one attached hydrogen (secondary N) is 1. The van der Waals surface area contributed by atoms with Crippen LogP contribution in [0.4, 0.5) is 11.4 Å². The van der Waals surface area contributed by atoms with Crippen molar-refractivity contribution in [3.05, 3.63) is 87.5 Å². The standard InChI is InChI=1S/C31H39N3O3/c1-6-25-18-34(16-23-9-7-8-10-28(23)37-25)17-24-14-22(12-11-19(24)2)27(15-29(35)36)26-13-20(3)31(33-5)30(32)21(26)4/h7-14,25,27,33H,6,15-18,32H2,1-5H3,(H,35,36). The number of aryl methyl sites for hydroxylation is 2. The second kappa shape index (κ2) is 11.3. The maximum Gasteiger partial charge on any atom is 0.304 e. The fourth-order valence-electron chi connectivity index (χ4n) is 5.46. The summed E-state index contributed by atoms with van der Waals surface area (Å²) >= 11 is 0. The van der Waals surface area contributed by atoms with Crippen molar-refractivity contribution in [2.75, 3.05) is 24.6 Å². The lowest BCUT2D eigenvalue weighted by atomic mass is 9.83. The first kappa shape index (κ1) is 26.6. The van der Waals surface area contributed by atoms with Crippen molar-refractivity contribution in [2.24, 2.45) is 0 Å². The number of carboxylic acid groups (broad SMARTS) is 1. The molecule has 2 atom stereocenters. The van der Waals surface area contributed by atoms with E-state index in [9.17, 15) is 9.90 Å². The van der Waals surface area contributed by atoms with Gasteiger partial charge in [-0.1, -0.05) is 49.4 Å². The fraction of sp³-hybridized carbons (Fsp3) is 0.387. The highest BCUT2D eigenvalue weighted by molar-refractivity contribution is 5.76. The van der Waals surface area contributed by atoms with Crippen LogP contribution in [0.25, 0.3) is 0 Å². The Morgan fingerprint density at radius 2 is 1.92 bits per heavy atom. The number of nitrogen functional groups attached to an aromatic ring is 1. The number of hydrogen-bond acceptors (Lipinski definition) is 5. The molecule has 0 aliphatic carbocycles. The van der Waals surface area contributed by atoms with Crippen LogP contribution in [0.15, 0.2) is 48.5 Å². The van der Waals surface area contributed by atoms with Gasteiger partial charge in [-0.25, -0.2) is 0 Å². The molecule has 6 heteroatoms. The molecule has 4 rings (SSSR count). The number of carboxylic acids is 1. The summed E-state index contributed by atoms with van der Waals surface area (Å²) in [6.07, 6.45) is 1.07. The van der Waals surface area contributed by atoms with Crippen molar-refractivity contribution < 1.29 is 14.6 Å². The van der Waals surface area contributed by atoms with Gasteiger partial charge in [0.05, 0.1) is 17.8 Å². The van der Waals surface area contributed by atoms with Crippen LogP contribution < -0.4 is 15.8 Å². The zero-order valence-corrected chi connectivity index (χ0v) is 22.6. The molecule has 0 amide bonds. The number of carbonyl (C=O) groups is 1. The molecule has 1 aliphatic heterocycles. The topological polar surface area (TPSA) is 87.8 Å². The number of anilines is 2. The Kier molecular flexibility index (Phi) is 8.08. The third-order valence-electron chi connectivity index (χ3n) is 7.62. The van der Waals surface area contributed by atoms with E-state index in [4.69, 9.17) is 10.5 Å². The lowest BCUT2D eigenvalue weighted by molar-refractivity contribution is -0.137. The largest absolute Gasteiger partial charge is 0.489 e. The Morgan fingerprint density at radius 3 is 2.62 bits per heavy atom. The molecular weight excluding hydrogens is 462 g/mol. The number of fused-ring (bicyclic) bond motifs is 1. The molecule has 4 N–H and O–H groups in total. The first-order chi connectivity index (χ1) is 17.7. The zero-order chi connectivity index (χ0) is 26.7. The Labute approximate surface area is 220 Å². The van der Waals surface area contributed by atoms with Crippen LogP contribution in [0.5, 0.6) is 5.75 Å². The highest BCUT2D eigenvalue weighted by Gasteiger charge is 2.25. The zero-order valence-electron chi connectivity index (χ0n) is 22.6. The van der Waals surface area contributed by atoms with Crippen molar-refractivity contribution >= 4 is 17.3 Å². The van der Waals surface area contributed by atoms with E-state index in [2.05, 4.69) is 66.5 Å². The minimum absolute atomic E-state index is 0.00393. The summed E-state index contributed by atoms with van der Waals surface area (Å²) in [6, 6.07) is 16.7. The Bertz CT molecular complexity index is 1290. The van der Waals surface area contributed by atoms with Crippen LogP contribution >= 0.6 is 0 Å².